The Hall–Kier alpha value is -1.55. The molecule has 0 amide bonds. The maximum atomic E-state index is 13.1. The first-order valence-electron chi connectivity index (χ1n) is 5.08. The SMILES string of the molecule is FC(F)([18F])[s+]1c2ccccc2c2ccccc21. The van der Waals surface area contributed by atoms with Gasteiger partial charge in [-0.25, -0.2) is 0 Å². The number of halogens is 3. The van der Waals surface area contributed by atoms with E-state index in [1.165, 1.54) is 0 Å². The minimum Gasteiger partial charge on any atom is -0.118 e. The van der Waals surface area contributed by atoms with Crippen LogP contribution in [0.15, 0.2) is 48.5 Å². The quantitative estimate of drug-likeness (QED) is 0.481. The summed E-state index contributed by atoms with van der Waals surface area (Å²) < 4.78 is 40.2. The minimum atomic E-state index is -4.21. The molecule has 2 aromatic carbocycles. The summed E-state index contributed by atoms with van der Waals surface area (Å²) in [6.07, 6.45) is 0. The second-order valence-electron chi connectivity index (χ2n) is 3.74. The van der Waals surface area contributed by atoms with Crippen LogP contribution in [-0.2, 0) is 5.51 Å². The lowest BCUT2D eigenvalue weighted by Crippen LogP contribution is -1.94. The molecule has 0 N–H and O–H groups in total. The molecule has 0 aliphatic carbocycles. The molecule has 0 atom stereocenters. The smallest absolute Gasteiger partial charge is 0.118 e. The fourth-order valence-electron chi connectivity index (χ4n) is 2.10. The third-order valence-electron chi connectivity index (χ3n) is 2.74. The Morgan fingerprint density at radius 3 is 1.53 bits per heavy atom. The lowest BCUT2D eigenvalue weighted by molar-refractivity contribution is -0.0862. The van der Waals surface area contributed by atoms with E-state index in [2.05, 4.69) is 0 Å². The average molecular weight is 252 g/mol. The van der Waals surface area contributed by atoms with Crippen molar-refractivity contribution in [3.8, 4) is 0 Å². The first kappa shape index (κ1) is 10.6. The van der Waals surface area contributed by atoms with Gasteiger partial charge in [0.2, 0.25) is 0 Å². The van der Waals surface area contributed by atoms with Crippen LogP contribution in [-0.4, -0.2) is 0 Å². The van der Waals surface area contributed by atoms with E-state index in [-0.39, 0.29) is 0 Å². The van der Waals surface area contributed by atoms with Crippen molar-refractivity contribution < 1.29 is 13.2 Å². The summed E-state index contributed by atoms with van der Waals surface area (Å²) in [6, 6.07) is 13.5. The number of alkyl halides is 3. The van der Waals surface area contributed by atoms with Crippen LogP contribution >= 0.6 is 10.5 Å². The highest BCUT2D eigenvalue weighted by molar-refractivity contribution is 7.43. The van der Waals surface area contributed by atoms with E-state index in [4.69, 9.17) is 0 Å². The summed E-state index contributed by atoms with van der Waals surface area (Å²) in [5.74, 6) is 0. The molecule has 0 nitrogen and oxygen atoms in total. The van der Waals surface area contributed by atoms with Crippen molar-refractivity contribution in [2.75, 3.05) is 0 Å². The van der Waals surface area contributed by atoms with Gasteiger partial charge < -0.3 is 0 Å². The molecule has 0 aliphatic heterocycles. The highest BCUT2D eigenvalue weighted by Crippen LogP contribution is 2.53. The van der Waals surface area contributed by atoms with Gasteiger partial charge in [-0.3, -0.25) is 0 Å². The fourth-order valence-corrected chi connectivity index (χ4v) is 4.06. The molecule has 0 bridgehead atoms. The molecule has 0 saturated heterocycles. The molecule has 0 spiro atoms. The summed E-state index contributed by atoms with van der Waals surface area (Å²) in [5, 5.41) is 1.42. The molecule has 0 radical (unpaired) electrons. The number of hydrogen-bond acceptors (Lipinski definition) is 0. The van der Waals surface area contributed by atoms with Gasteiger partial charge in [0.15, 0.2) is 9.40 Å². The van der Waals surface area contributed by atoms with Gasteiger partial charge in [0.05, 0.1) is 0 Å². The van der Waals surface area contributed by atoms with E-state index in [9.17, 15) is 13.2 Å². The van der Waals surface area contributed by atoms with Crippen LogP contribution in [0.25, 0.3) is 20.2 Å². The monoisotopic (exact) mass is 252 g/mol. The van der Waals surface area contributed by atoms with Gasteiger partial charge in [0.1, 0.15) is 10.5 Å². The van der Waals surface area contributed by atoms with Gasteiger partial charge in [0, 0.05) is 10.8 Å². The topological polar surface area (TPSA) is 0 Å². The largest absolute Gasteiger partial charge is 0.601 e. The third kappa shape index (κ3) is 1.52. The fraction of sp³-hybridized carbons (Fsp3) is 0.0769. The Kier molecular flexibility index (Phi) is 2.16. The Balaban J connectivity index is 2.60. The molecule has 3 rings (SSSR count). The predicted molar refractivity (Wildman–Crippen MR) is 65.2 cm³/mol. The van der Waals surface area contributed by atoms with Gasteiger partial charge in [-0.15, -0.1) is 13.2 Å². The minimum absolute atomic E-state index is 0.390. The van der Waals surface area contributed by atoms with E-state index in [0.29, 0.717) is 20.2 Å². The van der Waals surface area contributed by atoms with E-state index in [0.717, 1.165) is 0 Å². The van der Waals surface area contributed by atoms with Crippen LogP contribution in [0.2, 0.25) is 0 Å². The summed E-state index contributed by atoms with van der Waals surface area (Å²) in [7, 11) is -1.79. The van der Waals surface area contributed by atoms with Crippen molar-refractivity contribution in [1.29, 1.82) is 0 Å². The van der Waals surface area contributed by atoms with E-state index in [1.807, 2.05) is 0 Å². The Morgan fingerprint density at radius 2 is 1.12 bits per heavy atom. The first-order chi connectivity index (χ1) is 8.09. The predicted octanol–water partition coefficient (Wildman–Crippen LogP) is 5.22. The lowest BCUT2D eigenvalue weighted by atomic mass is 10.2. The van der Waals surface area contributed by atoms with Crippen LogP contribution in [0, 0.1) is 0 Å². The molecule has 1 aromatic heterocycles. The molecule has 0 saturated carbocycles. The van der Waals surface area contributed by atoms with E-state index < -0.39 is 16.0 Å². The van der Waals surface area contributed by atoms with Gasteiger partial charge in [-0.05, 0) is 24.3 Å². The number of rotatable bonds is 0. The Bertz CT molecular complexity index is 641. The lowest BCUT2D eigenvalue weighted by Gasteiger charge is -1.95. The zero-order valence-corrected chi connectivity index (χ0v) is 9.48. The van der Waals surface area contributed by atoms with Crippen molar-refractivity contribution >= 4 is 30.6 Å². The molecule has 0 fully saturated rings. The molecule has 1 heterocycles. The van der Waals surface area contributed by atoms with E-state index in [1.54, 1.807) is 48.5 Å². The summed E-state index contributed by atoms with van der Waals surface area (Å²) in [5.41, 5.74) is -4.21. The zero-order valence-electron chi connectivity index (χ0n) is 8.66. The van der Waals surface area contributed by atoms with Crippen molar-refractivity contribution in [1.82, 2.24) is 0 Å². The van der Waals surface area contributed by atoms with Crippen LogP contribution in [0.4, 0.5) is 13.2 Å². The molecular weight excluding hydrogens is 244 g/mol. The Labute approximate surface area is 98.3 Å². The van der Waals surface area contributed by atoms with E-state index >= 15 is 0 Å². The maximum Gasteiger partial charge on any atom is 0.601 e. The van der Waals surface area contributed by atoms with Gasteiger partial charge in [0.25, 0.3) is 0 Å². The summed E-state index contributed by atoms with van der Waals surface area (Å²) in [4.78, 5) is 0. The summed E-state index contributed by atoms with van der Waals surface area (Å²) in [6.45, 7) is 0. The Morgan fingerprint density at radius 1 is 0.706 bits per heavy atom. The molecule has 17 heavy (non-hydrogen) atoms. The molecule has 0 unspecified atom stereocenters. The maximum absolute atomic E-state index is 13.1. The van der Waals surface area contributed by atoms with Crippen molar-refractivity contribution in [2.45, 2.75) is 5.51 Å². The second kappa shape index (κ2) is 3.47. The van der Waals surface area contributed by atoms with Crippen molar-refractivity contribution in [3.63, 3.8) is 0 Å². The highest BCUT2D eigenvalue weighted by atomic mass is 32.2. The molecule has 4 heteroatoms. The standard InChI is InChI=1S/C13H8F3S/c14-13(15,16)17-11-7-3-1-5-9(11)10-6-2-4-8-12(10)17/h1-8H/q+1/i14-1. The molecular formula is C13H8F3S+. The van der Waals surface area contributed by atoms with Crippen LogP contribution in [0.1, 0.15) is 0 Å². The van der Waals surface area contributed by atoms with Crippen LogP contribution < -0.4 is 0 Å². The normalized spacial score (nSPS) is 12.4. The molecule has 0 aliphatic rings. The third-order valence-corrected chi connectivity index (χ3v) is 4.79. The van der Waals surface area contributed by atoms with Crippen LogP contribution in [0.5, 0.6) is 0 Å². The van der Waals surface area contributed by atoms with Crippen molar-refractivity contribution in [3.05, 3.63) is 48.5 Å². The number of hydrogen-bond donors (Lipinski definition) is 0. The highest BCUT2D eigenvalue weighted by Gasteiger charge is 2.47. The molecule has 86 valence electrons. The number of benzene rings is 2. The van der Waals surface area contributed by atoms with Crippen LogP contribution in [0.3, 0.4) is 0 Å². The first-order valence-corrected chi connectivity index (χ1v) is 6.31. The second-order valence-corrected chi connectivity index (χ2v) is 5.70. The summed E-state index contributed by atoms with van der Waals surface area (Å²) >= 11 is 0. The number of fused-ring (bicyclic) bond motifs is 3. The van der Waals surface area contributed by atoms with Gasteiger partial charge in [-0.2, -0.15) is 0 Å². The van der Waals surface area contributed by atoms with Gasteiger partial charge in [-0.1, -0.05) is 24.3 Å². The van der Waals surface area contributed by atoms with Gasteiger partial charge >= 0.3 is 5.51 Å². The van der Waals surface area contributed by atoms with Crippen molar-refractivity contribution in [2.24, 2.45) is 0 Å². The zero-order chi connectivity index (χ0) is 12.0. The average Bonchev–Trinajstić information content (AvgIpc) is 2.63. The molecule has 3 aromatic rings. The number of thiophene rings is 1.